The van der Waals surface area contributed by atoms with Crippen LogP contribution in [0.3, 0.4) is 0 Å². The maximum Gasteiger partial charge on any atom is 0.183 e. The number of aryl methyl sites for hydroxylation is 2. The standard InChI is InChI=1S/C13H15N3O/c1-16-8-7-12(15-16)13(17)6-5-10-3-2-4-11(14)9-10/h2-4,7-9H,5-6,14H2,1H3. The summed E-state index contributed by atoms with van der Waals surface area (Å²) in [6.45, 7) is 0. The number of carbonyl (C=O) groups is 1. The lowest BCUT2D eigenvalue weighted by atomic mass is 10.1. The molecule has 2 aromatic rings. The van der Waals surface area contributed by atoms with Crippen LogP contribution in [0.4, 0.5) is 5.69 Å². The maximum absolute atomic E-state index is 11.8. The van der Waals surface area contributed by atoms with Gasteiger partial charge >= 0.3 is 0 Å². The molecular formula is C13H15N3O. The largest absolute Gasteiger partial charge is 0.399 e. The van der Waals surface area contributed by atoms with Gasteiger partial charge in [-0.15, -0.1) is 0 Å². The van der Waals surface area contributed by atoms with E-state index >= 15 is 0 Å². The van der Waals surface area contributed by atoms with Gasteiger partial charge in [0.05, 0.1) is 0 Å². The lowest BCUT2D eigenvalue weighted by molar-refractivity contribution is 0.0977. The van der Waals surface area contributed by atoms with Crippen molar-refractivity contribution in [2.75, 3.05) is 5.73 Å². The number of nitrogen functional groups attached to an aromatic ring is 1. The minimum absolute atomic E-state index is 0.0630. The molecule has 4 nitrogen and oxygen atoms in total. The zero-order chi connectivity index (χ0) is 12.3. The van der Waals surface area contributed by atoms with E-state index in [2.05, 4.69) is 5.10 Å². The molecule has 0 unspecified atom stereocenters. The lowest BCUT2D eigenvalue weighted by Crippen LogP contribution is -2.03. The molecule has 0 atom stereocenters. The SMILES string of the molecule is Cn1ccc(C(=O)CCc2cccc(N)c2)n1. The highest BCUT2D eigenvalue weighted by atomic mass is 16.1. The van der Waals surface area contributed by atoms with E-state index < -0.39 is 0 Å². The van der Waals surface area contributed by atoms with E-state index in [0.29, 0.717) is 18.5 Å². The molecule has 1 aromatic carbocycles. The van der Waals surface area contributed by atoms with Crippen molar-refractivity contribution >= 4 is 11.5 Å². The van der Waals surface area contributed by atoms with Gasteiger partial charge < -0.3 is 5.73 Å². The van der Waals surface area contributed by atoms with Crippen molar-refractivity contribution in [3.63, 3.8) is 0 Å². The Hall–Kier alpha value is -2.10. The molecule has 0 radical (unpaired) electrons. The Morgan fingerprint density at radius 2 is 2.24 bits per heavy atom. The second-order valence-corrected chi connectivity index (χ2v) is 4.04. The van der Waals surface area contributed by atoms with Crippen LogP contribution in [0.2, 0.25) is 0 Å². The number of nitrogens with two attached hydrogens (primary N) is 1. The molecule has 0 spiro atoms. The predicted octanol–water partition coefficient (Wildman–Crippen LogP) is 1.82. The summed E-state index contributed by atoms with van der Waals surface area (Å²) in [6.07, 6.45) is 2.93. The van der Waals surface area contributed by atoms with Gasteiger partial charge in [0.2, 0.25) is 0 Å². The third-order valence-electron chi connectivity index (χ3n) is 2.59. The maximum atomic E-state index is 11.8. The average molecular weight is 229 g/mol. The number of hydrogen-bond donors (Lipinski definition) is 1. The van der Waals surface area contributed by atoms with Crippen molar-refractivity contribution in [2.24, 2.45) is 7.05 Å². The van der Waals surface area contributed by atoms with Crippen molar-refractivity contribution in [1.29, 1.82) is 0 Å². The van der Waals surface area contributed by atoms with Gasteiger partial charge in [0, 0.05) is 25.4 Å². The van der Waals surface area contributed by atoms with Crippen molar-refractivity contribution in [3.05, 3.63) is 47.8 Å². The van der Waals surface area contributed by atoms with Crippen molar-refractivity contribution in [2.45, 2.75) is 12.8 Å². The van der Waals surface area contributed by atoms with Gasteiger partial charge in [-0.3, -0.25) is 9.48 Å². The molecule has 0 aliphatic heterocycles. The molecule has 0 bridgehead atoms. The van der Waals surface area contributed by atoms with E-state index in [9.17, 15) is 4.79 Å². The van der Waals surface area contributed by atoms with Crippen LogP contribution in [-0.2, 0) is 13.5 Å². The highest BCUT2D eigenvalue weighted by Gasteiger charge is 2.08. The van der Waals surface area contributed by atoms with Crippen molar-refractivity contribution in [3.8, 4) is 0 Å². The van der Waals surface area contributed by atoms with Crippen LogP contribution < -0.4 is 5.73 Å². The fourth-order valence-electron chi connectivity index (χ4n) is 1.70. The summed E-state index contributed by atoms with van der Waals surface area (Å²) in [5.74, 6) is 0.0630. The van der Waals surface area contributed by atoms with Gasteiger partial charge in [-0.05, 0) is 30.2 Å². The molecule has 17 heavy (non-hydrogen) atoms. The Kier molecular flexibility index (Phi) is 3.23. The second-order valence-electron chi connectivity index (χ2n) is 4.04. The molecule has 2 N–H and O–H groups in total. The van der Waals surface area contributed by atoms with Crippen LogP contribution in [0.25, 0.3) is 0 Å². The zero-order valence-electron chi connectivity index (χ0n) is 9.76. The number of aromatic nitrogens is 2. The summed E-state index contributed by atoms with van der Waals surface area (Å²) in [6, 6.07) is 9.34. The Bertz CT molecular complexity index is 531. The van der Waals surface area contributed by atoms with Gasteiger partial charge in [-0.2, -0.15) is 5.10 Å². The van der Waals surface area contributed by atoms with Crippen molar-refractivity contribution in [1.82, 2.24) is 9.78 Å². The number of ketones is 1. The second kappa shape index (κ2) is 4.82. The summed E-state index contributed by atoms with van der Waals surface area (Å²) in [5.41, 5.74) is 8.01. The Morgan fingerprint density at radius 1 is 1.41 bits per heavy atom. The van der Waals surface area contributed by atoms with E-state index in [1.165, 1.54) is 0 Å². The van der Waals surface area contributed by atoms with Gasteiger partial charge in [0.1, 0.15) is 5.69 Å². The van der Waals surface area contributed by atoms with Crippen molar-refractivity contribution < 1.29 is 4.79 Å². The fourth-order valence-corrected chi connectivity index (χ4v) is 1.70. The molecule has 0 saturated carbocycles. The van der Waals surface area contributed by atoms with Crippen LogP contribution in [0, 0.1) is 0 Å². The van der Waals surface area contributed by atoms with Crippen LogP contribution >= 0.6 is 0 Å². The normalized spacial score (nSPS) is 10.4. The molecule has 0 fully saturated rings. The first-order valence-electron chi connectivity index (χ1n) is 5.52. The van der Waals surface area contributed by atoms with Gasteiger partial charge in [0.25, 0.3) is 0 Å². The molecule has 0 aliphatic carbocycles. The van der Waals surface area contributed by atoms with E-state index in [4.69, 9.17) is 5.73 Å². The summed E-state index contributed by atoms with van der Waals surface area (Å²) in [7, 11) is 1.80. The molecule has 1 aromatic heterocycles. The van der Waals surface area contributed by atoms with Crippen LogP contribution in [0.5, 0.6) is 0 Å². The van der Waals surface area contributed by atoms with Gasteiger partial charge in [-0.25, -0.2) is 0 Å². The summed E-state index contributed by atoms with van der Waals surface area (Å²) in [4.78, 5) is 11.8. The molecule has 1 heterocycles. The van der Waals surface area contributed by atoms with E-state index in [1.54, 1.807) is 24.0 Å². The Balaban J connectivity index is 1.97. The van der Waals surface area contributed by atoms with Gasteiger partial charge in [0.15, 0.2) is 5.78 Å². The quantitative estimate of drug-likeness (QED) is 0.642. The number of benzene rings is 1. The molecule has 4 heteroatoms. The molecule has 0 amide bonds. The number of hydrogen-bond acceptors (Lipinski definition) is 3. The first-order chi connectivity index (χ1) is 8.15. The number of rotatable bonds is 4. The first-order valence-corrected chi connectivity index (χ1v) is 5.52. The molecular weight excluding hydrogens is 214 g/mol. The molecule has 0 aliphatic rings. The summed E-state index contributed by atoms with van der Waals surface area (Å²) >= 11 is 0. The number of anilines is 1. The number of nitrogens with zero attached hydrogens (tertiary/aromatic N) is 2. The fraction of sp³-hybridized carbons (Fsp3) is 0.231. The minimum atomic E-state index is 0.0630. The topological polar surface area (TPSA) is 60.9 Å². The Labute approximate surface area is 100 Å². The molecule has 0 saturated heterocycles. The Morgan fingerprint density at radius 3 is 2.88 bits per heavy atom. The third-order valence-corrected chi connectivity index (χ3v) is 2.59. The summed E-state index contributed by atoms with van der Waals surface area (Å²) in [5, 5.41) is 4.08. The monoisotopic (exact) mass is 229 g/mol. The van der Waals surface area contributed by atoms with Crippen LogP contribution in [0.1, 0.15) is 22.5 Å². The average Bonchev–Trinajstić information content (AvgIpc) is 2.73. The molecule has 88 valence electrons. The van der Waals surface area contributed by atoms with E-state index in [1.807, 2.05) is 24.3 Å². The lowest BCUT2D eigenvalue weighted by Gasteiger charge is -2.01. The predicted molar refractivity (Wildman–Crippen MR) is 66.7 cm³/mol. The highest BCUT2D eigenvalue weighted by Crippen LogP contribution is 2.10. The minimum Gasteiger partial charge on any atom is -0.399 e. The highest BCUT2D eigenvalue weighted by molar-refractivity contribution is 5.94. The summed E-state index contributed by atoms with van der Waals surface area (Å²) < 4.78 is 1.63. The number of carbonyl (C=O) groups excluding carboxylic acids is 1. The van der Waals surface area contributed by atoms with E-state index in [0.717, 1.165) is 11.3 Å². The molecule has 2 rings (SSSR count). The van der Waals surface area contributed by atoms with Crippen LogP contribution in [-0.4, -0.2) is 15.6 Å². The smallest absolute Gasteiger partial charge is 0.183 e. The third kappa shape index (κ3) is 2.93. The van der Waals surface area contributed by atoms with Crippen LogP contribution in [0.15, 0.2) is 36.5 Å². The zero-order valence-corrected chi connectivity index (χ0v) is 9.76. The van der Waals surface area contributed by atoms with E-state index in [-0.39, 0.29) is 5.78 Å². The first kappa shape index (κ1) is 11.4. The number of Topliss-reactive ketones (excluding diaryl/α,β-unsaturated/α-hetero) is 1. The van der Waals surface area contributed by atoms with Gasteiger partial charge in [-0.1, -0.05) is 12.1 Å².